The van der Waals surface area contributed by atoms with Crippen molar-refractivity contribution in [1.82, 2.24) is 9.55 Å². The van der Waals surface area contributed by atoms with Gasteiger partial charge in [-0.3, -0.25) is 23.9 Å². The summed E-state index contributed by atoms with van der Waals surface area (Å²) in [6.45, 7) is 3.25. The summed E-state index contributed by atoms with van der Waals surface area (Å²) in [6, 6.07) is 9.16. The number of carbonyl (C=O) groups is 2. The summed E-state index contributed by atoms with van der Waals surface area (Å²) >= 11 is 0. The molecule has 0 amide bonds. The highest BCUT2D eigenvalue weighted by molar-refractivity contribution is 6.01. The van der Waals surface area contributed by atoms with Crippen LogP contribution in [0.4, 0.5) is 5.82 Å². The number of aromatic nitrogens is 2. The van der Waals surface area contributed by atoms with Crippen LogP contribution in [0.2, 0.25) is 0 Å². The van der Waals surface area contributed by atoms with Crippen molar-refractivity contribution in [3.05, 3.63) is 62.3 Å². The van der Waals surface area contributed by atoms with Crippen LogP contribution in [0.3, 0.4) is 0 Å². The first-order chi connectivity index (χ1) is 12.8. The molecule has 1 heterocycles. The van der Waals surface area contributed by atoms with Crippen LogP contribution in [0, 0.1) is 5.92 Å². The third kappa shape index (κ3) is 4.33. The summed E-state index contributed by atoms with van der Waals surface area (Å²) < 4.78 is 6.14. The average molecular weight is 373 g/mol. The SMILES string of the molecule is CC[C@@H](C)[C@@H](C(=O)OCC(=O)c1c(N)n(C)c(=O)[nH]c1=O)c1ccccc1. The molecule has 0 aliphatic heterocycles. The van der Waals surface area contributed by atoms with Crippen LogP contribution in [0.1, 0.15) is 42.1 Å². The van der Waals surface area contributed by atoms with E-state index in [1.165, 1.54) is 7.05 Å². The minimum absolute atomic E-state index is 0.000945. The zero-order valence-electron chi connectivity index (χ0n) is 15.5. The average Bonchev–Trinajstić information content (AvgIpc) is 2.65. The number of hydrogen-bond acceptors (Lipinski definition) is 6. The fourth-order valence-corrected chi connectivity index (χ4v) is 2.80. The van der Waals surface area contributed by atoms with Gasteiger partial charge in [0, 0.05) is 7.05 Å². The van der Waals surface area contributed by atoms with Crippen LogP contribution in [-0.2, 0) is 16.6 Å². The van der Waals surface area contributed by atoms with Crippen LogP contribution in [-0.4, -0.2) is 27.9 Å². The van der Waals surface area contributed by atoms with Gasteiger partial charge in [0.05, 0.1) is 5.92 Å². The van der Waals surface area contributed by atoms with Gasteiger partial charge in [0.2, 0.25) is 5.78 Å². The van der Waals surface area contributed by atoms with Gasteiger partial charge in [-0.15, -0.1) is 0 Å². The molecule has 0 unspecified atom stereocenters. The molecule has 0 aliphatic carbocycles. The number of nitrogens with two attached hydrogens (primary N) is 1. The molecule has 0 spiro atoms. The molecule has 0 radical (unpaired) electrons. The van der Waals surface area contributed by atoms with E-state index in [2.05, 4.69) is 0 Å². The van der Waals surface area contributed by atoms with E-state index in [4.69, 9.17) is 10.5 Å². The minimum atomic E-state index is -0.904. The molecule has 2 aromatic rings. The number of ketones is 1. The van der Waals surface area contributed by atoms with Gasteiger partial charge in [-0.05, 0) is 11.5 Å². The molecule has 144 valence electrons. The second-order valence-electron chi connectivity index (χ2n) is 6.38. The number of nitrogens with zero attached hydrogens (tertiary/aromatic N) is 1. The number of rotatable bonds is 7. The van der Waals surface area contributed by atoms with E-state index in [-0.39, 0.29) is 11.7 Å². The standard InChI is InChI=1S/C19H23N3O5/c1-4-11(2)14(12-8-6-5-7-9-12)18(25)27-10-13(23)15-16(20)22(3)19(26)21-17(15)24/h5-9,11,14H,4,10,20H2,1-3H3,(H,21,24,26)/t11-,14-/m1/s1. The molecule has 27 heavy (non-hydrogen) atoms. The molecule has 0 saturated carbocycles. The van der Waals surface area contributed by atoms with Crippen LogP contribution >= 0.6 is 0 Å². The topological polar surface area (TPSA) is 124 Å². The third-order valence-corrected chi connectivity index (χ3v) is 4.62. The molecular formula is C19H23N3O5. The highest BCUT2D eigenvalue weighted by atomic mass is 16.5. The number of nitrogens with one attached hydrogen (secondary N) is 1. The second-order valence-corrected chi connectivity index (χ2v) is 6.38. The Morgan fingerprint density at radius 2 is 1.85 bits per heavy atom. The van der Waals surface area contributed by atoms with E-state index >= 15 is 0 Å². The Kier molecular flexibility index (Phi) is 6.33. The second kappa shape index (κ2) is 8.48. The van der Waals surface area contributed by atoms with Gasteiger partial charge >= 0.3 is 11.7 Å². The third-order valence-electron chi connectivity index (χ3n) is 4.62. The maximum atomic E-state index is 12.6. The number of esters is 1. The van der Waals surface area contributed by atoms with Crippen molar-refractivity contribution in [1.29, 1.82) is 0 Å². The number of H-pyrrole nitrogens is 1. The first-order valence-corrected chi connectivity index (χ1v) is 8.61. The molecule has 0 aliphatic rings. The van der Waals surface area contributed by atoms with Crippen LogP contribution in [0.15, 0.2) is 39.9 Å². The normalized spacial score (nSPS) is 13.0. The fraction of sp³-hybridized carbons (Fsp3) is 0.368. The number of carbonyl (C=O) groups excluding carboxylic acids is 2. The molecule has 0 bridgehead atoms. The van der Waals surface area contributed by atoms with Crippen LogP contribution in [0.5, 0.6) is 0 Å². The maximum Gasteiger partial charge on any atom is 0.329 e. The molecular weight excluding hydrogens is 350 g/mol. The zero-order valence-corrected chi connectivity index (χ0v) is 15.5. The first kappa shape index (κ1) is 20.2. The number of hydrogen-bond donors (Lipinski definition) is 2. The fourth-order valence-electron chi connectivity index (χ4n) is 2.80. The van der Waals surface area contributed by atoms with Crippen molar-refractivity contribution in [2.75, 3.05) is 12.3 Å². The molecule has 2 atom stereocenters. The molecule has 8 nitrogen and oxygen atoms in total. The lowest BCUT2D eigenvalue weighted by molar-refractivity contribution is -0.145. The Hall–Kier alpha value is -3.16. The van der Waals surface area contributed by atoms with Crippen molar-refractivity contribution in [2.24, 2.45) is 13.0 Å². The zero-order chi connectivity index (χ0) is 20.1. The van der Waals surface area contributed by atoms with Gasteiger partial charge in [-0.2, -0.15) is 0 Å². The number of aromatic amines is 1. The van der Waals surface area contributed by atoms with Gasteiger partial charge in [-0.1, -0.05) is 50.6 Å². The van der Waals surface area contributed by atoms with E-state index in [9.17, 15) is 19.2 Å². The van der Waals surface area contributed by atoms with Crippen LogP contribution < -0.4 is 17.0 Å². The van der Waals surface area contributed by atoms with Crippen molar-refractivity contribution in [3.63, 3.8) is 0 Å². The lowest BCUT2D eigenvalue weighted by Gasteiger charge is -2.21. The molecule has 1 aromatic carbocycles. The van der Waals surface area contributed by atoms with Crippen molar-refractivity contribution in [3.8, 4) is 0 Å². The number of ether oxygens (including phenoxy) is 1. The molecule has 0 saturated heterocycles. The van der Waals surface area contributed by atoms with Gasteiger partial charge < -0.3 is 10.5 Å². The predicted octanol–water partition coefficient (Wildman–Crippen LogP) is 1.21. The van der Waals surface area contributed by atoms with E-state index in [0.29, 0.717) is 0 Å². The maximum absolute atomic E-state index is 12.6. The Balaban J connectivity index is 2.21. The summed E-state index contributed by atoms with van der Waals surface area (Å²) in [5, 5.41) is 0. The van der Waals surface area contributed by atoms with E-state index < -0.39 is 41.1 Å². The van der Waals surface area contributed by atoms with Crippen molar-refractivity contribution in [2.45, 2.75) is 26.2 Å². The number of anilines is 1. The van der Waals surface area contributed by atoms with Crippen molar-refractivity contribution >= 4 is 17.6 Å². The van der Waals surface area contributed by atoms with E-state index in [0.717, 1.165) is 16.6 Å². The quantitative estimate of drug-likeness (QED) is 0.555. The lowest BCUT2D eigenvalue weighted by atomic mass is 9.85. The van der Waals surface area contributed by atoms with E-state index in [1.54, 1.807) is 0 Å². The van der Waals surface area contributed by atoms with Gasteiger partial charge in [0.1, 0.15) is 11.4 Å². The van der Waals surface area contributed by atoms with Gasteiger partial charge in [0.15, 0.2) is 6.61 Å². The van der Waals surface area contributed by atoms with Gasteiger partial charge in [-0.25, -0.2) is 4.79 Å². The summed E-state index contributed by atoms with van der Waals surface area (Å²) in [7, 11) is 1.32. The molecule has 2 rings (SSSR count). The Morgan fingerprint density at radius 1 is 1.22 bits per heavy atom. The number of Topliss-reactive ketones (excluding diaryl/α,β-unsaturated/α-hetero) is 1. The summed E-state index contributed by atoms with van der Waals surface area (Å²) in [5.74, 6) is -2.12. The smallest absolute Gasteiger partial charge is 0.329 e. The minimum Gasteiger partial charge on any atom is -0.457 e. The molecule has 1 aromatic heterocycles. The Morgan fingerprint density at radius 3 is 2.44 bits per heavy atom. The number of benzene rings is 1. The summed E-state index contributed by atoms with van der Waals surface area (Å²) in [4.78, 5) is 50.4. The highest BCUT2D eigenvalue weighted by Crippen LogP contribution is 2.28. The first-order valence-electron chi connectivity index (χ1n) is 8.61. The highest BCUT2D eigenvalue weighted by Gasteiger charge is 2.28. The molecule has 3 N–H and O–H groups in total. The van der Waals surface area contributed by atoms with Crippen molar-refractivity contribution < 1.29 is 14.3 Å². The monoisotopic (exact) mass is 373 g/mol. The predicted molar refractivity (Wildman–Crippen MR) is 101 cm³/mol. The molecule has 0 fully saturated rings. The Labute approximate surface area is 156 Å². The lowest BCUT2D eigenvalue weighted by Crippen LogP contribution is -2.36. The van der Waals surface area contributed by atoms with Gasteiger partial charge in [0.25, 0.3) is 5.56 Å². The molecule has 8 heteroatoms. The summed E-state index contributed by atoms with van der Waals surface area (Å²) in [5.41, 5.74) is 4.46. The number of nitrogen functional groups attached to an aromatic ring is 1. The largest absolute Gasteiger partial charge is 0.457 e. The van der Waals surface area contributed by atoms with Crippen LogP contribution in [0.25, 0.3) is 0 Å². The summed E-state index contributed by atoms with van der Waals surface area (Å²) in [6.07, 6.45) is 0.746. The Bertz CT molecular complexity index is 946. The van der Waals surface area contributed by atoms with E-state index in [1.807, 2.05) is 49.2 Å².